The Morgan fingerprint density at radius 1 is 1.17 bits per heavy atom. The number of aryl methyl sites for hydroxylation is 1. The van der Waals surface area contributed by atoms with Crippen LogP contribution in [-0.2, 0) is 13.0 Å². The monoisotopic (exact) mass is 328 g/mol. The molecule has 116 valence electrons. The standard InChI is InChI=1S/C17H14ClN3O2/c18-12-8-9-16(23-13-5-2-1-3-6-13)15(11-12)21-17(22)14-7-4-10-20(14)19-21/h1-3,5-6,8-9,11H,4,7,10H2/p+1. The zero-order valence-corrected chi connectivity index (χ0v) is 13.1. The van der Waals surface area contributed by atoms with Gasteiger partial charge >= 0.3 is 5.56 Å². The molecule has 1 aliphatic heterocycles. The lowest BCUT2D eigenvalue weighted by atomic mass is 10.2. The van der Waals surface area contributed by atoms with Gasteiger partial charge in [0.1, 0.15) is 12.3 Å². The second-order valence-electron chi connectivity index (χ2n) is 5.47. The Bertz CT molecular complexity index is 915. The SMILES string of the molecule is O=c1c2[n+]([nH]n1-c1cc(Cl)ccc1Oc1ccccc1)CCC2. The molecule has 1 N–H and O–H groups in total. The van der Waals surface area contributed by atoms with Gasteiger partial charge in [0.05, 0.1) is 0 Å². The fraction of sp³-hybridized carbons (Fsp3) is 0.176. The predicted molar refractivity (Wildman–Crippen MR) is 86.4 cm³/mol. The van der Waals surface area contributed by atoms with Gasteiger partial charge in [-0.1, -0.05) is 39.7 Å². The number of nitrogens with one attached hydrogen (secondary N) is 1. The number of nitrogens with zero attached hydrogens (tertiary/aromatic N) is 2. The number of hydrogen-bond donors (Lipinski definition) is 1. The van der Waals surface area contributed by atoms with Crippen LogP contribution in [0.4, 0.5) is 0 Å². The number of aromatic amines is 1. The van der Waals surface area contributed by atoms with E-state index in [1.54, 1.807) is 18.2 Å². The van der Waals surface area contributed by atoms with Crippen molar-refractivity contribution >= 4 is 11.6 Å². The number of para-hydroxylation sites is 1. The van der Waals surface area contributed by atoms with Gasteiger partial charge < -0.3 is 4.74 Å². The highest BCUT2D eigenvalue weighted by Gasteiger charge is 2.28. The highest BCUT2D eigenvalue weighted by atomic mass is 35.5. The Morgan fingerprint density at radius 2 is 2.00 bits per heavy atom. The van der Waals surface area contributed by atoms with Gasteiger partial charge in [-0.2, -0.15) is 4.68 Å². The zero-order chi connectivity index (χ0) is 15.8. The van der Waals surface area contributed by atoms with E-state index in [9.17, 15) is 4.79 Å². The van der Waals surface area contributed by atoms with Gasteiger partial charge in [-0.05, 0) is 30.7 Å². The van der Waals surface area contributed by atoms with Crippen molar-refractivity contribution < 1.29 is 9.42 Å². The summed E-state index contributed by atoms with van der Waals surface area (Å²) in [5, 5.41) is 3.66. The quantitative estimate of drug-likeness (QED) is 0.752. The molecular formula is C17H15ClN3O2+. The first-order valence-corrected chi connectivity index (χ1v) is 7.87. The summed E-state index contributed by atoms with van der Waals surface area (Å²) in [5.41, 5.74) is 1.34. The Hall–Kier alpha value is -2.53. The molecule has 0 aliphatic carbocycles. The largest absolute Gasteiger partial charge is 0.453 e. The second kappa shape index (κ2) is 5.59. The van der Waals surface area contributed by atoms with Crippen molar-refractivity contribution in [2.45, 2.75) is 19.4 Å². The van der Waals surface area contributed by atoms with Crippen molar-refractivity contribution in [1.82, 2.24) is 9.90 Å². The highest BCUT2D eigenvalue weighted by molar-refractivity contribution is 6.30. The van der Waals surface area contributed by atoms with Crippen LogP contribution < -0.4 is 15.0 Å². The molecule has 0 bridgehead atoms. The molecule has 4 rings (SSSR count). The summed E-state index contributed by atoms with van der Waals surface area (Å²) in [6, 6.07) is 14.7. The summed E-state index contributed by atoms with van der Waals surface area (Å²) in [6.07, 6.45) is 1.78. The molecule has 23 heavy (non-hydrogen) atoms. The van der Waals surface area contributed by atoms with Crippen molar-refractivity contribution in [2.75, 3.05) is 0 Å². The summed E-state index contributed by atoms with van der Waals surface area (Å²) in [7, 11) is 0. The first-order chi connectivity index (χ1) is 11.2. The smallest absolute Gasteiger partial charge is 0.401 e. The van der Waals surface area contributed by atoms with Gasteiger partial charge in [0.2, 0.25) is 11.4 Å². The van der Waals surface area contributed by atoms with E-state index in [-0.39, 0.29) is 5.56 Å². The summed E-state index contributed by atoms with van der Waals surface area (Å²) >= 11 is 6.12. The molecule has 0 atom stereocenters. The number of rotatable bonds is 3. The molecule has 0 saturated heterocycles. The third kappa shape index (κ3) is 2.53. The van der Waals surface area contributed by atoms with Crippen LogP contribution in [0, 0.1) is 0 Å². The average Bonchev–Trinajstić information content (AvgIpc) is 3.14. The maximum absolute atomic E-state index is 12.6. The minimum absolute atomic E-state index is 0.0531. The molecule has 5 nitrogen and oxygen atoms in total. The third-order valence-corrected chi connectivity index (χ3v) is 4.16. The van der Waals surface area contributed by atoms with E-state index in [2.05, 4.69) is 5.21 Å². The normalized spacial score (nSPS) is 13.1. The zero-order valence-electron chi connectivity index (χ0n) is 12.3. The van der Waals surface area contributed by atoms with E-state index in [4.69, 9.17) is 16.3 Å². The number of halogens is 1. The Balaban J connectivity index is 1.82. The predicted octanol–water partition coefficient (Wildman–Crippen LogP) is 2.85. The number of hydrogen-bond acceptors (Lipinski definition) is 2. The van der Waals surface area contributed by atoms with E-state index >= 15 is 0 Å². The van der Waals surface area contributed by atoms with Gasteiger partial charge in [0.15, 0.2) is 5.75 Å². The number of fused-ring (bicyclic) bond motifs is 1. The van der Waals surface area contributed by atoms with Crippen molar-refractivity contribution in [3.8, 4) is 17.2 Å². The lowest BCUT2D eigenvalue weighted by molar-refractivity contribution is -0.749. The fourth-order valence-corrected chi connectivity index (χ4v) is 3.00. The molecule has 2 heterocycles. The molecule has 0 radical (unpaired) electrons. The number of H-pyrrole nitrogens is 1. The molecule has 0 unspecified atom stereocenters. The molecule has 0 fully saturated rings. The van der Waals surface area contributed by atoms with Crippen LogP contribution in [0.5, 0.6) is 11.5 Å². The maximum Gasteiger partial charge on any atom is 0.401 e. The molecular weight excluding hydrogens is 314 g/mol. The summed E-state index contributed by atoms with van der Waals surface area (Å²) in [5.74, 6) is 1.28. The summed E-state index contributed by atoms with van der Waals surface area (Å²) < 4.78 is 9.31. The van der Waals surface area contributed by atoms with Crippen LogP contribution in [0.25, 0.3) is 5.69 Å². The number of benzene rings is 2. The van der Waals surface area contributed by atoms with Crippen molar-refractivity contribution in [1.29, 1.82) is 0 Å². The van der Waals surface area contributed by atoms with Crippen LogP contribution in [0.1, 0.15) is 12.1 Å². The lowest BCUT2D eigenvalue weighted by Crippen LogP contribution is -2.35. The minimum atomic E-state index is -0.0531. The first kappa shape index (κ1) is 14.1. The Labute approximate surface area is 137 Å². The fourth-order valence-electron chi connectivity index (χ4n) is 2.83. The van der Waals surface area contributed by atoms with E-state index in [0.29, 0.717) is 22.2 Å². The Kier molecular flexibility index (Phi) is 3.42. The van der Waals surface area contributed by atoms with Gasteiger partial charge in [-0.3, -0.25) is 0 Å². The maximum atomic E-state index is 12.6. The first-order valence-electron chi connectivity index (χ1n) is 7.49. The van der Waals surface area contributed by atoms with Crippen LogP contribution >= 0.6 is 11.6 Å². The van der Waals surface area contributed by atoms with E-state index in [0.717, 1.165) is 25.1 Å². The summed E-state index contributed by atoms with van der Waals surface area (Å²) in [4.78, 5) is 12.6. The van der Waals surface area contributed by atoms with Gasteiger partial charge in [-0.25, -0.2) is 4.79 Å². The number of ether oxygens (including phenoxy) is 1. The molecule has 6 heteroatoms. The molecule has 3 aromatic rings. The minimum Gasteiger partial charge on any atom is -0.453 e. The second-order valence-corrected chi connectivity index (χ2v) is 5.91. The molecule has 0 spiro atoms. The topological polar surface area (TPSA) is 50.9 Å². The van der Waals surface area contributed by atoms with Crippen LogP contribution in [-0.4, -0.2) is 9.90 Å². The molecule has 0 amide bonds. The number of aromatic nitrogens is 3. The van der Waals surface area contributed by atoms with Crippen molar-refractivity contribution in [3.63, 3.8) is 0 Å². The molecule has 0 saturated carbocycles. The van der Waals surface area contributed by atoms with Crippen LogP contribution in [0.15, 0.2) is 53.3 Å². The average molecular weight is 329 g/mol. The van der Waals surface area contributed by atoms with Crippen molar-refractivity contribution in [2.24, 2.45) is 0 Å². The van der Waals surface area contributed by atoms with Gasteiger partial charge in [0.25, 0.3) is 0 Å². The van der Waals surface area contributed by atoms with Gasteiger partial charge in [0, 0.05) is 17.5 Å². The Morgan fingerprint density at radius 3 is 2.78 bits per heavy atom. The molecule has 1 aliphatic rings. The third-order valence-electron chi connectivity index (χ3n) is 3.92. The van der Waals surface area contributed by atoms with Gasteiger partial charge in [-0.15, -0.1) is 0 Å². The van der Waals surface area contributed by atoms with E-state index in [1.165, 1.54) is 4.68 Å². The molecule has 2 aromatic carbocycles. The molecule has 1 aromatic heterocycles. The van der Waals surface area contributed by atoms with Crippen LogP contribution in [0.3, 0.4) is 0 Å². The lowest BCUT2D eigenvalue weighted by Gasteiger charge is -2.08. The van der Waals surface area contributed by atoms with Crippen molar-refractivity contribution in [3.05, 3.63) is 69.6 Å². The summed E-state index contributed by atoms with van der Waals surface area (Å²) in [6.45, 7) is 0.826. The highest BCUT2D eigenvalue weighted by Crippen LogP contribution is 2.29. The van der Waals surface area contributed by atoms with Crippen LogP contribution in [0.2, 0.25) is 5.02 Å². The van der Waals surface area contributed by atoms with E-state index < -0.39 is 0 Å². The van der Waals surface area contributed by atoms with E-state index in [1.807, 2.05) is 35.0 Å².